The lowest BCUT2D eigenvalue weighted by Gasteiger charge is -2.37. The van der Waals surface area contributed by atoms with E-state index >= 15 is 0 Å². The zero-order valence-corrected chi connectivity index (χ0v) is 22.6. The first-order valence-electron chi connectivity index (χ1n) is 12.7. The summed E-state index contributed by atoms with van der Waals surface area (Å²) in [7, 11) is 4.85. The number of rotatable bonds is 11. The maximum atomic E-state index is 13.9. The van der Waals surface area contributed by atoms with Crippen molar-refractivity contribution >= 4 is 5.91 Å². The van der Waals surface area contributed by atoms with E-state index in [0.717, 1.165) is 16.9 Å². The number of fused-ring (bicyclic) bond motifs is 1. The first-order chi connectivity index (χ1) is 18.5. The van der Waals surface area contributed by atoms with Crippen molar-refractivity contribution < 1.29 is 33.2 Å². The number of hydrogen-bond acceptors (Lipinski definition) is 7. The van der Waals surface area contributed by atoms with Crippen molar-refractivity contribution in [2.24, 2.45) is 0 Å². The normalized spacial score (nSPS) is 14.3. The summed E-state index contributed by atoms with van der Waals surface area (Å²) in [6.07, 6.45) is 0.676. The molecule has 0 unspecified atom stereocenters. The Bertz CT molecular complexity index is 1240. The van der Waals surface area contributed by atoms with Crippen LogP contribution in [0.2, 0.25) is 0 Å². The van der Waals surface area contributed by atoms with E-state index in [1.54, 1.807) is 39.5 Å². The Labute approximate surface area is 224 Å². The summed E-state index contributed by atoms with van der Waals surface area (Å²) in [6.45, 7) is 5.57. The molecule has 0 aliphatic carbocycles. The van der Waals surface area contributed by atoms with Gasteiger partial charge in [0, 0.05) is 12.1 Å². The smallest absolute Gasteiger partial charge is 0.254 e. The Morgan fingerprint density at radius 1 is 0.763 bits per heavy atom. The Hall–Kier alpha value is -4.07. The molecule has 8 heteroatoms. The van der Waals surface area contributed by atoms with Crippen LogP contribution >= 0.6 is 0 Å². The van der Waals surface area contributed by atoms with Crippen LogP contribution < -0.4 is 28.4 Å². The highest BCUT2D eigenvalue weighted by atomic mass is 16.5. The molecule has 3 aromatic rings. The van der Waals surface area contributed by atoms with Crippen LogP contribution in [-0.2, 0) is 6.42 Å². The van der Waals surface area contributed by atoms with Crippen LogP contribution in [0.4, 0.5) is 0 Å². The molecule has 0 N–H and O–H groups in total. The average molecular weight is 522 g/mol. The molecule has 0 saturated carbocycles. The third-order valence-corrected chi connectivity index (χ3v) is 6.52. The van der Waals surface area contributed by atoms with Gasteiger partial charge in [-0.05, 0) is 86.0 Å². The van der Waals surface area contributed by atoms with E-state index in [4.69, 9.17) is 28.4 Å². The molecular weight excluding hydrogens is 486 g/mol. The van der Waals surface area contributed by atoms with E-state index in [2.05, 4.69) is 0 Å². The molecule has 202 valence electrons. The van der Waals surface area contributed by atoms with Gasteiger partial charge in [0.05, 0.1) is 40.6 Å². The minimum atomic E-state index is -0.352. The van der Waals surface area contributed by atoms with Gasteiger partial charge in [0.2, 0.25) is 0 Å². The number of carbonyl (C=O) groups is 1. The van der Waals surface area contributed by atoms with Gasteiger partial charge in [-0.25, -0.2) is 0 Å². The first kappa shape index (κ1) is 27.0. The van der Waals surface area contributed by atoms with Crippen molar-refractivity contribution in [1.29, 1.82) is 0 Å². The van der Waals surface area contributed by atoms with Crippen LogP contribution in [0.3, 0.4) is 0 Å². The topological polar surface area (TPSA) is 75.7 Å². The molecule has 1 heterocycles. The molecule has 1 atom stereocenters. The molecule has 3 aromatic carbocycles. The third kappa shape index (κ3) is 5.74. The van der Waals surface area contributed by atoms with Gasteiger partial charge in [0.1, 0.15) is 18.1 Å². The Kier molecular flexibility index (Phi) is 8.84. The third-order valence-electron chi connectivity index (χ3n) is 6.52. The first-order valence-corrected chi connectivity index (χ1v) is 12.7. The second kappa shape index (κ2) is 12.4. The number of nitrogens with zero attached hydrogens (tertiary/aromatic N) is 1. The fourth-order valence-electron chi connectivity index (χ4n) is 4.65. The maximum Gasteiger partial charge on any atom is 0.254 e. The summed E-state index contributed by atoms with van der Waals surface area (Å²) in [5.74, 6) is 3.75. The summed E-state index contributed by atoms with van der Waals surface area (Å²) in [6, 6.07) is 16.3. The van der Waals surface area contributed by atoms with Gasteiger partial charge in [0.25, 0.3) is 5.91 Å². The van der Waals surface area contributed by atoms with Crippen LogP contribution in [0, 0.1) is 0 Å². The molecule has 1 aliphatic heterocycles. The molecular formula is C30H35NO7. The van der Waals surface area contributed by atoms with Crippen molar-refractivity contribution in [3.05, 3.63) is 71.3 Å². The number of hydrogen-bond donors (Lipinski definition) is 0. The number of carbonyl (C=O) groups excluding carboxylic acids is 1. The Morgan fingerprint density at radius 2 is 1.42 bits per heavy atom. The van der Waals surface area contributed by atoms with Gasteiger partial charge < -0.3 is 33.3 Å². The van der Waals surface area contributed by atoms with Crippen molar-refractivity contribution in [3.8, 4) is 34.5 Å². The number of benzene rings is 3. The lowest BCUT2D eigenvalue weighted by molar-refractivity contribution is 0.0588. The Balaban J connectivity index is 1.69. The van der Waals surface area contributed by atoms with Crippen molar-refractivity contribution in [2.75, 3.05) is 47.7 Å². The molecule has 8 nitrogen and oxygen atoms in total. The molecule has 0 bridgehead atoms. The molecule has 1 amide bonds. The summed E-state index contributed by atoms with van der Waals surface area (Å²) in [5.41, 5.74) is 2.58. The maximum absolute atomic E-state index is 13.9. The molecule has 0 saturated heterocycles. The van der Waals surface area contributed by atoms with E-state index < -0.39 is 0 Å². The van der Waals surface area contributed by atoms with E-state index in [9.17, 15) is 4.79 Å². The average Bonchev–Trinajstić information content (AvgIpc) is 2.96. The van der Waals surface area contributed by atoms with Gasteiger partial charge in [-0.15, -0.1) is 0 Å². The van der Waals surface area contributed by atoms with Gasteiger partial charge >= 0.3 is 0 Å². The second-order valence-corrected chi connectivity index (χ2v) is 8.68. The highest BCUT2D eigenvalue weighted by Crippen LogP contribution is 2.39. The molecule has 0 spiro atoms. The van der Waals surface area contributed by atoms with E-state index in [1.807, 2.05) is 55.1 Å². The molecule has 0 aromatic heterocycles. The highest BCUT2D eigenvalue weighted by Gasteiger charge is 2.33. The lowest BCUT2D eigenvalue weighted by Crippen LogP contribution is -2.42. The monoisotopic (exact) mass is 521 g/mol. The SMILES string of the molecule is CCOc1ccc(C(=O)N2CCc3cc(OC)c(OC)cc3[C@H]2COc2ccc(OC)cc2)cc1OCC. The minimum Gasteiger partial charge on any atom is -0.497 e. The summed E-state index contributed by atoms with van der Waals surface area (Å²) in [5, 5.41) is 0. The predicted octanol–water partition coefficient (Wildman–Crippen LogP) is 5.33. The zero-order valence-electron chi connectivity index (χ0n) is 22.6. The van der Waals surface area contributed by atoms with Crippen LogP contribution in [0.5, 0.6) is 34.5 Å². The zero-order chi connectivity index (χ0) is 27.1. The quantitative estimate of drug-likeness (QED) is 0.338. The summed E-state index contributed by atoms with van der Waals surface area (Å²) in [4.78, 5) is 15.8. The van der Waals surface area contributed by atoms with Gasteiger partial charge in [-0.2, -0.15) is 0 Å². The summed E-state index contributed by atoms with van der Waals surface area (Å²) < 4.78 is 34.0. The van der Waals surface area contributed by atoms with Crippen molar-refractivity contribution in [2.45, 2.75) is 26.3 Å². The molecule has 4 rings (SSSR count). The molecule has 0 fully saturated rings. The van der Waals surface area contributed by atoms with Crippen LogP contribution in [0.15, 0.2) is 54.6 Å². The van der Waals surface area contributed by atoms with Crippen molar-refractivity contribution in [3.63, 3.8) is 0 Å². The predicted molar refractivity (Wildman–Crippen MR) is 144 cm³/mol. The minimum absolute atomic E-state index is 0.113. The van der Waals surface area contributed by atoms with Crippen LogP contribution in [0.1, 0.15) is 41.4 Å². The van der Waals surface area contributed by atoms with Gasteiger partial charge in [0.15, 0.2) is 23.0 Å². The fourth-order valence-corrected chi connectivity index (χ4v) is 4.65. The number of ether oxygens (including phenoxy) is 6. The standard InChI is InChI=1S/C30H35NO7/c1-6-36-26-13-8-21(17-29(26)37-7-2)30(32)31-15-14-20-16-27(34-4)28(35-5)18-24(20)25(31)19-38-23-11-9-22(33-3)10-12-23/h8-13,16-18,25H,6-7,14-15,19H2,1-5H3/t25-/m1/s1. The second-order valence-electron chi connectivity index (χ2n) is 8.68. The fraction of sp³-hybridized carbons (Fsp3) is 0.367. The van der Waals surface area contributed by atoms with E-state index in [0.29, 0.717) is 60.5 Å². The highest BCUT2D eigenvalue weighted by molar-refractivity contribution is 5.95. The number of methoxy groups -OCH3 is 3. The lowest BCUT2D eigenvalue weighted by atomic mass is 9.91. The largest absolute Gasteiger partial charge is 0.497 e. The Morgan fingerprint density at radius 3 is 2.08 bits per heavy atom. The molecule has 38 heavy (non-hydrogen) atoms. The summed E-state index contributed by atoms with van der Waals surface area (Å²) >= 11 is 0. The van der Waals surface area contributed by atoms with Gasteiger partial charge in [-0.3, -0.25) is 4.79 Å². The van der Waals surface area contributed by atoms with Crippen molar-refractivity contribution in [1.82, 2.24) is 4.90 Å². The van der Waals surface area contributed by atoms with Crippen LogP contribution in [-0.4, -0.2) is 58.5 Å². The van der Waals surface area contributed by atoms with Crippen LogP contribution in [0.25, 0.3) is 0 Å². The van der Waals surface area contributed by atoms with E-state index in [1.165, 1.54) is 0 Å². The molecule has 0 radical (unpaired) electrons. The van der Waals surface area contributed by atoms with E-state index in [-0.39, 0.29) is 18.6 Å². The molecule has 1 aliphatic rings. The van der Waals surface area contributed by atoms with Gasteiger partial charge in [-0.1, -0.05) is 0 Å². The number of amides is 1.